The summed E-state index contributed by atoms with van der Waals surface area (Å²) in [6, 6.07) is 4.71. The van der Waals surface area contributed by atoms with Gasteiger partial charge in [-0.05, 0) is 45.0 Å². The van der Waals surface area contributed by atoms with Crippen LogP contribution in [0.25, 0.3) is 22.4 Å². The Labute approximate surface area is 260 Å². The van der Waals surface area contributed by atoms with Crippen LogP contribution < -0.4 is 10.3 Å². The number of aromatic amines is 1. The molecule has 1 aromatic carbocycles. The predicted molar refractivity (Wildman–Crippen MR) is 172 cm³/mol. The van der Waals surface area contributed by atoms with Gasteiger partial charge in [-0.25, -0.2) is 13.4 Å². The number of sulfonamides is 1. The number of hydrogen-bond donors (Lipinski definition) is 2. The number of aryl methyl sites for hydroxylation is 2. The second-order valence-electron chi connectivity index (χ2n) is 11.1. The van der Waals surface area contributed by atoms with Crippen LogP contribution in [0.4, 0.5) is 0 Å². The molecule has 0 unspecified atom stereocenters. The highest BCUT2D eigenvalue weighted by Crippen LogP contribution is 2.32. The number of fused-ring (bicyclic) bond motifs is 1. The molecule has 1 saturated heterocycles. The van der Waals surface area contributed by atoms with Crippen molar-refractivity contribution in [1.29, 1.82) is 0 Å². The lowest BCUT2D eigenvalue weighted by molar-refractivity contribution is -0.137. The summed E-state index contributed by atoms with van der Waals surface area (Å²) in [6.07, 6.45) is 8.79. The molecule has 3 heterocycles. The molecule has 0 bridgehead atoms. The van der Waals surface area contributed by atoms with E-state index in [1.54, 1.807) is 25.2 Å². The molecule has 0 amide bonds. The summed E-state index contributed by atoms with van der Waals surface area (Å²) in [4.78, 5) is 32.7. The van der Waals surface area contributed by atoms with E-state index < -0.39 is 16.0 Å². The minimum atomic E-state index is -3.70. The van der Waals surface area contributed by atoms with Crippen LogP contribution in [0.1, 0.15) is 77.8 Å². The van der Waals surface area contributed by atoms with Crippen LogP contribution in [0.3, 0.4) is 0 Å². The van der Waals surface area contributed by atoms with Gasteiger partial charge >= 0.3 is 5.97 Å². The first kappa shape index (κ1) is 35.2. The number of piperazine rings is 1. The van der Waals surface area contributed by atoms with Crippen molar-refractivity contribution in [1.82, 2.24) is 29.0 Å². The molecule has 0 atom stereocenters. The van der Waals surface area contributed by atoms with Crippen LogP contribution in [0.2, 0.25) is 0 Å². The molecule has 2 N–H and O–H groups in total. The number of nitrogens with zero attached hydrogens (tertiary/aromatic N) is 5. The number of hydrogen-bond acceptors (Lipinski definition) is 8. The van der Waals surface area contributed by atoms with Gasteiger partial charge in [0.2, 0.25) is 10.0 Å². The molecule has 4 rings (SSSR count). The maximum absolute atomic E-state index is 13.3. The Balaban J connectivity index is 0.000000411. The Morgan fingerprint density at radius 1 is 1.00 bits per heavy atom. The summed E-state index contributed by atoms with van der Waals surface area (Å²) in [7, 11) is -0.00831. The third-order valence-corrected chi connectivity index (χ3v) is 9.49. The Kier molecular flexibility index (Phi) is 13.3. The number of likely N-dealkylation sites (N-methyl/N-ethyl adjacent to an activating group) is 1. The van der Waals surface area contributed by atoms with Gasteiger partial charge in [0.15, 0.2) is 5.52 Å². The molecule has 3 aromatic rings. The number of ether oxygens (including phenoxy) is 1. The highest BCUT2D eigenvalue weighted by Gasteiger charge is 2.29. The third-order valence-electron chi connectivity index (χ3n) is 7.60. The van der Waals surface area contributed by atoms with Gasteiger partial charge in [0.25, 0.3) is 5.56 Å². The van der Waals surface area contributed by atoms with Gasteiger partial charge in [-0.1, -0.05) is 52.4 Å². The summed E-state index contributed by atoms with van der Waals surface area (Å²) < 4.78 is 35.4. The van der Waals surface area contributed by atoms with Crippen molar-refractivity contribution in [3.8, 4) is 17.1 Å². The standard InChI is InChI=1S/C22H30N6O4S.C9H18O2/c1-5-7-17-19-20(27(4)25-17)22(29)24-21(23-19)16-14-15(8-9-18(16)32-6-2)33(30,31)28-12-10-26(3)11-13-28;1-2-3-4-5-6-7-8-9(10)11/h8-9,14H,5-7,10-13H2,1-4H3,(H,23,24,29);2-8H2,1H3,(H,10,11). The maximum atomic E-state index is 13.3. The quantitative estimate of drug-likeness (QED) is 0.246. The second-order valence-corrected chi connectivity index (χ2v) is 13.1. The van der Waals surface area contributed by atoms with Crippen molar-refractivity contribution in [2.45, 2.75) is 83.5 Å². The average molecular weight is 633 g/mol. The number of benzene rings is 1. The number of carbonyl (C=O) groups is 1. The van der Waals surface area contributed by atoms with Crippen molar-refractivity contribution in [2.24, 2.45) is 7.05 Å². The van der Waals surface area contributed by atoms with Gasteiger partial charge in [0.1, 0.15) is 17.1 Å². The van der Waals surface area contributed by atoms with E-state index in [2.05, 4.69) is 21.9 Å². The normalized spacial score (nSPS) is 14.4. The molecule has 1 aliphatic rings. The topological polar surface area (TPSA) is 151 Å². The summed E-state index contributed by atoms with van der Waals surface area (Å²) >= 11 is 0. The van der Waals surface area contributed by atoms with Gasteiger partial charge in [0, 0.05) is 39.6 Å². The SMILES string of the molecule is CCCCCCCCC(=O)O.CCCc1nn(C)c2c(=O)[nH]c(-c3cc(S(=O)(=O)N4CCN(C)CC4)ccc3OCC)nc12. The average Bonchev–Trinajstić information content (AvgIpc) is 3.31. The Morgan fingerprint density at radius 2 is 1.68 bits per heavy atom. The minimum absolute atomic E-state index is 0.147. The molecular formula is C31H48N6O6S. The lowest BCUT2D eigenvalue weighted by Gasteiger charge is -2.31. The minimum Gasteiger partial charge on any atom is -0.493 e. The summed E-state index contributed by atoms with van der Waals surface area (Å²) in [5.74, 6) is 0.0514. The molecule has 244 valence electrons. The molecule has 1 aliphatic heterocycles. The third kappa shape index (κ3) is 9.12. The number of carboxylic acid groups (broad SMARTS) is 1. The number of aliphatic carboxylic acids is 1. The lowest BCUT2D eigenvalue weighted by Crippen LogP contribution is -2.47. The largest absolute Gasteiger partial charge is 0.493 e. The van der Waals surface area contributed by atoms with E-state index in [1.807, 2.05) is 20.9 Å². The lowest BCUT2D eigenvalue weighted by atomic mass is 10.1. The van der Waals surface area contributed by atoms with Crippen molar-refractivity contribution >= 4 is 27.0 Å². The zero-order chi connectivity index (χ0) is 32.3. The van der Waals surface area contributed by atoms with Gasteiger partial charge in [-0.3, -0.25) is 14.3 Å². The highest BCUT2D eigenvalue weighted by molar-refractivity contribution is 7.89. The summed E-state index contributed by atoms with van der Waals surface area (Å²) in [5.41, 5.74) is 1.75. The van der Waals surface area contributed by atoms with Gasteiger partial charge in [-0.2, -0.15) is 9.40 Å². The molecular weight excluding hydrogens is 584 g/mol. The fourth-order valence-corrected chi connectivity index (χ4v) is 6.60. The predicted octanol–water partition coefficient (Wildman–Crippen LogP) is 4.43. The number of nitrogens with one attached hydrogen (secondary N) is 1. The number of H-pyrrole nitrogens is 1. The molecule has 1 fully saturated rings. The van der Waals surface area contributed by atoms with E-state index in [0.717, 1.165) is 25.0 Å². The number of unbranched alkanes of at least 4 members (excludes halogenated alkanes) is 5. The zero-order valence-corrected chi connectivity index (χ0v) is 27.6. The van der Waals surface area contributed by atoms with Gasteiger partial charge in [0.05, 0.1) is 22.8 Å². The molecule has 44 heavy (non-hydrogen) atoms. The van der Waals surface area contributed by atoms with Crippen molar-refractivity contribution in [3.63, 3.8) is 0 Å². The molecule has 2 aromatic heterocycles. The van der Waals surface area contributed by atoms with E-state index in [9.17, 15) is 18.0 Å². The molecule has 0 aliphatic carbocycles. The summed E-state index contributed by atoms with van der Waals surface area (Å²) in [5, 5.41) is 12.8. The highest BCUT2D eigenvalue weighted by atomic mass is 32.2. The molecule has 0 radical (unpaired) electrons. The monoisotopic (exact) mass is 632 g/mol. The zero-order valence-electron chi connectivity index (χ0n) is 26.8. The van der Waals surface area contributed by atoms with Gasteiger partial charge in [-0.15, -0.1) is 0 Å². The van der Waals surface area contributed by atoms with E-state index >= 15 is 0 Å². The van der Waals surface area contributed by atoms with E-state index in [1.165, 1.54) is 34.7 Å². The number of rotatable bonds is 14. The first-order valence-electron chi connectivity index (χ1n) is 15.7. The van der Waals surface area contributed by atoms with Crippen LogP contribution in [-0.2, 0) is 28.3 Å². The Hall–Kier alpha value is -3.29. The molecule has 12 nitrogen and oxygen atoms in total. The molecule has 0 spiro atoms. The molecule has 0 saturated carbocycles. The summed E-state index contributed by atoms with van der Waals surface area (Å²) in [6.45, 7) is 8.66. The number of aromatic nitrogens is 4. The fourth-order valence-electron chi connectivity index (χ4n) is 5.15. The van der Waals surface area contributed by atoms with Crippen molar-refractivity contribution < 1.29 is 23.1 Å². The second kappa shape index (κ2) is 16.7. The van der Waals surface area contributed by atoms with E-state index in [-0.39, 0.29) is 16.3 Å². The van der Waals surface area contributed by atoms with E-state index in [4.69, 9.17) is 14.8 Å². The van der Waals surface area contributed by atoms with E-state index in [0.29, 0.717) is 68.0 Å². The van der Waals surface area contributed by atoms with Crippen LogP contribution in [0, 0.1) is 0 Å². The number of carboxylic acids is 1. The fraction of sp³-hybridized carbons (Fsp3) is 0.613. The maximum Gasteiger partial charge on any atom is 0.303 e. The first-order valence-corrected chi connectivity index (χ1v) is 17.1. The molecule has 13 heteroatoms. The first-order chi connectivity index (χ1) is 21.0. The van der Waals surface area contributed by atoms with Crippen LogP contribution >= 0.6 is 0 Å². The Morgan fingerprint density at radius 3 is 2.32 bits per heavy atom. The van der Waals surface area contributed by atoms with Crippen molar-refractivity contribution in [3.05, 3.63) is 34.2 Å². The van der Waals surface area contributed by atoms with Crippen LogP contribution in [0.15, 0.2) is 27.9 Å². The smallest absolute Gasteiger partial charge is 0.303 e. The Bertz CT molecular complexity index is 1540. The van der Waals surface area contributed by atoms with Gasteiger partial charge < -0.3 is 19.7 Å². The van der Waals surface area contributed by atoms with Crippen LogP contribution in [-0.4, -0.2) is 88.3 Å². The van der Waals surface area contributed by atoms with Crippen LogP contribution in [0.5, 0.6) is 5.75 Å². The van der Waals surface area contributed by atoms with Crippen molar-refractivity contribution in [2.75, 3.05) is 39.8 Å².